The fraction of sp³-hybridized carbons (Fsp3) is 0.500. The highest BCUT2D eigenvalue weighted by atomic mass is 19.1. The number of aliphatic hydroxyl groups excluding tert-OH is 1. The van der Waals surface area contributed by atoms with Gasteiger partial charge in [0, 0.05) is 54.9 Å². The Bertz CT molecular complexity index is 2000. The zero-order valence-electron chi connectivity index (χ0n) is 28.6. The number of anilines is 6. The third-order valence-corrected chi connectivity index (χ3v) is 10.6. The largest absolute Gasteiger partial charge is 0.396 e. The lowest BCUT2D eigenvalue weighted by Crippen LogP contribution is -2.31. The maximum Gasteiger partial charge on any atom is 0.231 e. The summed E-state index contributed by atoms with van der Waals surface area (Å²) in [7, 11) is 0. The van der Waals surface area contributed by atoms with Crippen molar-refractivity contribution in [2.24, 2.45) is 11.8 Å². The molecule has 2 aliphatic carbocycles. The number of nitrogens with two attached hydrogens (primary N) is 1. The summed E-state index contributed by atoms with van der Waals surface area (Å²) in [5.74, 6) is 0.935. The molecule has 2 aliphatic heterocycles. The number of carbonyl (C=O) groups is 2. The van der Waals surface area contributed by atoms with Crippen LogP contribution < -0.4 is 31.6 Å². The number of aliphatic hydroxyl groups is 1. The van der Waals surface area contributed by atoms with Crippen molar-refractivity contribution in [3.63, 3.8) is 0 Å². The minimum atomic E-state index is -1.10. The molecule has 14 nitrogen and oxygen atoms in total. The summed E-state index contributed by atoms with van der Waals surface area (Å²) >= 11 is 0. The number of nitrogens with zero attached hydrogens (tertiary/aromatic N) is 6. The van der Waals surface area contributed by atoms with Gasteiger partial charge in [0.25, 0.3) is 0 Å². The molecule has 16 heteroatoms. The fourth-order valence-electron chi connectivity index (χ4n) is 7.45. The van der Waals surface area contributed by atoms with Crippen LogP contribution in [-0.4, -0.2) is 87.6 Å². The molecular weight excluding hydrogens is 674 g/mol. The minimum absolute atomic E-state index is 0.0815. The Hall–Kier alpha value is -4.96. The van der Waals surface area contributed by atoms with E-state index in [1.807, 2.05) is 12.1 Å². The van der Waals surface area contributed by atoms with E-state index in [2.05, 4.69) is 40.9 Å². The Morgan fingerprint density at radius 2 is 1.37 bits per heavy atom. The highest BCUT2D eigenvalue weighted by Crippen LogP contribution is 2.37. The number of pyridine rings is 4. The Balaban J connectivity index is 0.961. The molecule has 0 bridgehead atoms. The first-order valence-electron chi connectivity index (χ1n) is 18.0. The van der Waals surface area contributed by atoms with Crippen LogP contribution in [0.4, 0.5) is 43.7 Å². The Labute approximate surface area is 298 Å². The highest BCUT2D eigenvalue weighted by molar-refractivity contribution is 5.99. The quantitative estimate of drug-likeness (QED) is 0.0966. The van der Waals surface area contributed by atoms with Gasteiger partial charge in [-0.15, -0.1) is 0 Å². The standard InChI is InChI=1S/C36H42F2N10O4/c37-27-15-23(27)35(50)42-29-11-19-13-31(44-33(39)25(19)17-40-29)48-8-2-4-22(48)6-10-52-46-34-26-18-41-30(43-36(51)24-16-28(24)38)12-20(26)14-32(45-34)47-7-1-3-21(47)5-9-49/h11-14,17-18,21-24,27-28,49H,1-10,15-16H2,(H2,39,44)(H,45,46)(H,40,42,50)(H,41,43,51)/t21?,22?,23-,24+,27+,28-/m1/s1. The summed E-state index contributed by atoms with van der Waals surface area (Å²) < 4.78 is 26.9. The lowest BCUT2D eigenvalue weighted by atomic mass is 10.1. The van der Waals surface area contributed by atoms with Crippen LogP contribution in [0, 0.1) is 11.8 Å². The summed E-state index contributed by atoms with van der Waals surface area (Å²) in [5, 5.41) is 18.0. The topological polar surface area (TPSA) is 184 Å². The molecule has 274 valence electrons. The van der Waals surface area contributed by atoms with Crippen molar-refractivity contribution in [3.05, 3.63) is 36.7 Å². The van der Waals surface area contributed by atoms with Gasteiger partial charge in [-0.2, -0.15) is 0 Å². The number of fused-ring (bicyclic) bond motifs is 2. The molecule has 2 unspecified atom stereocenters. The average molecular weight is 717 g/mol. The van der Waals surface area contributed by atoms with Gasteiger partial charge >= 0.3 is 0 Å². The van der Waals surface area contributed by atoms with E-state index in [9.17, 15) is 23.5 Å². The van der Waals surface area contributed by atoms with E-state index >= 15 is 0 Å². The van der Waals surface area contributed by atoms with Crippen molar-refractivity contribution in [2.75, 3.05) is 58.0 Å². The number of aromatic nitrogens is 4. The fourth-order valence-corrected chi connectivity index (χ4v) is 7.45. The van der Waals surface area contributed by atoms with Gasteiger partial charge < -0.3 is 31.3 Å². The van der Waals surface area contributed by atoms with Gasteiger partial charge in [0.15, 0.2) is 5.82 Å². The molecule has 6 N–H and O–H groups in total. The van der Waals surface area contributed by atoms with Crippen LogP contribution in [0.2, 0.25) is 0 Å². The number of rotatable bonds is 13. The average Bonchev–Trinajstić information content (AvgIpc) is 3.90. The van der Waals surface area contributed by atoms with Crippen LogP contribution in [-0.2, 0) is 14.4 Å². The summed E-state index contributed by atoms with van der Waals surface area (Å²) in [5.41, 5.74) is 9.41. The minimum Gasteiger partial charge on any atom is -0.396 e. The van der Waals surface area contributed by atoms with Crippen molar-refractivity contribution in [1.29, 1.82) is 0 Å². The lowest BCUT2D eigenvalue weighted by molar-refractivity contribution is -0.118. The van der Waals surface area contributed by atoms with Crippen molar-refractivity contribution in [3.8, 4) is 0 Å². The van der Waals surface area contributed by atoms with E-state index < -0.39 is 24.2 Å². The van der Waals surface area contributed by atoms with Gasteiger partial charge in [0.1, 0.15) is 41.4 Å². The Morgan fingerprint density at radius 3 is 1.94 bits per heavy atom. The third kappa shape index (κ3) is 7.08. The second-order valence-electron chi connectivity index (χ2n) is 14.2. The number of nitrogens with one attached hydrogen (secondary N) is 3. The first-order valence-corrected chi connectivity index (χ1v) is 18.0. The number of hydrogen-bond donors (Lipinski definition) is 5. The molecule has 0 aromatic carbocycles. The first kappa shape index (κ1) is 34.1. The van der Waals surface area contributed by atoms with Gasteiger partial charge in [-0.3, -0.25) is 14.4 Å². The molecule has 4 aromatic rings. The number of halogens is 2. The smallest absolute Gasteiger partial charge is 0.231 e. The van der Waals surface area contributed by atoms with Crippen molar-refractivity contribution < 1.29 is 28.3 Å². The van der Waals surface area contributed by atoms with E-state index in [1.54, 1.807) is 24.5 Å². The predicted octanol–water partition coefficient (Wildman–Crippen LogP) is 4.50. The molecule has 4 aromatic heterocycles. The summed E-state index contributed by atoms with van der Waals surface area (Å²) in [4.78, 5) is 53.4. The number of alkyl halides is 2. The second kappa shape index (κ2) is 14.2. The molecule has 2 saturated heterocycles. The summed E-state index contributed by atoms with van der Waals surface area (Å²) in [6.45, 7) is 2.03. The van der Waals surface area contributed by atoms with E-state index in [0.717, 1.165) is 61.2 Å². The normalized spacial score (nSPS) is 25.1. The molecule has 6 heterocycles. The third-order valence-electron chi connectivity index (χ3n) is 10.6. The first-order chi connectivity index (χ1) is 25.2. The summed E-state index contributed by atoms with van der Waals surface area (Å²) in [6.07, 6.45) is 6.62. The van der Waals surface area contributed by atoms with Crippen LogP contribution in [0.1, 0.15) is 51.4 Å². The van der Waals surface area contributed by atoms with Gasteiger partial charge in [0.2, 0.25) is 11.8 Å². The molecule has 4 aliphatic rings. The maximum atomic E-state index is 13.5. The van der Waals surface area contributed by atoms with Gasteiger partial charge in [-0.05, 0) is 86.4 Å². The zero-order valence-corrected chi connectivity index (χ0v) is 28.6. The van der Waals surface area contributed by atoms with Crippen LogP contribution in [0.25, 0.3) is 21.5 Å². The number of hydrogen-bond acceptors (Lipinski definition) is 12. The molecule has 4 fully saturated rings. The zero-order chi connectivity index (χ0) is 35.9. The molecule has 52 heavy (non-hydrogen) atoms. The van der Waals surface area contributed by atoms with E-state index in [-0.39, 0.29) is 43.3 Å². The van der Waals surface area contributed by atoms with Gasteiger partial charge in [0.05, 0.1) is 18.4 Å². The number of carbonyl (C=O) groups excluding carboxylic acids is 2. The lowest BCUT2D eigenvalue weighted by Gasteiger charge is -2.27. The van der Waals surface area contributed by atoms with Gasteiger partial charge in [-0.1, -0.05) is 0 Å². The maximum absolute atomic E-state index is 13.5. The molecule has 2 amide bonds. The second-order valence-corrected chi connectivity index (χ2v) is 14.2. The van der Waals surface area contributed by atoms with Crippen molar-refractivity contribution >= 4 is 68.3 Å². The molecule has 0 spiro atoms. The van der Waals surface area contributed by atoms with Crippen molar-refractivity contribution in [2.45, 2.75) is 75.8 Å². The molecule has 8 rings (SSSR count). The number of amides is 2. The molecule has 0 radical (unpaired) electrons. The van der Waals surface area contributed by atoms with Crippen LogP contribution in [0.3, 0.4) is 0 Å². The Morgan fingerprint density at radius 1 is 0.827 bits per heavy atom. The van der Waals surface area contributed by atoms with Gasteiger partial charge in [-0.25, -0.2) is 34.2 Å². The molecule has 6 atom stereocenters. The SMILES string of the molecule is Nc1nc(N2CCCC2CCONc2nc(N3CCCC3CCO)cc3cc(NC(=O)[C@H]4C[C@H]4F)ncc23)cc2cc(NC(=O)[C@@H]3C[C@@H]3F)ncc12. The molecule has 2 saturated carbocycles. The van der Waals surface area contributed by atoms with E-state index in [4.69, 9.17) is 15.6 Å². The van der Waals surface area contributed by atoms with Crippen LogP contribution >= 0.6 is 0 Å². The molecular formula is C36H42F2N10O4. The van der Waals surface area contributed by atoms with Crippen LogP contribution in [0.15, 0.2) is 36.7 Å². The van der Waals surface area contributed by atoms with Crippen molar-refractivity contribution in [1.82, 2.24) is 19.9 Å². The van der Waals surface area contributed by atoms with E-state index in [1.165, 1.54) is 0 Å². The summed E-state index contributed by atoms with van der Waals surface area (Å²) in [6, 6.07) is 7.66. The highest BCUT2D eigenvalue weighted by Gasteiger charge is 2.44. The predicted molar refractivity (Wildman–Crippen MR) is 193 cm³/mol. The Kier molecular flexibility index (Phi) is 9.34. The van der Waals surface area contributed by atoms with Crippen LogP contribution in [0.5, 0.6) is 0 Å². The van der Waals surface area contributed by atoms with E-state index in [0.29, 0.717) is 53.5 Å². The number of nitrogen functional groups attached to an aromatic ring is 1. The monoisotopic (exact) mass is 716 g/mol.